The number of carbonyl (C=O) groups excluding carboxylic acids is 2. The summed E-state index contributed by atoms with van der Waals surface area (Å²) in [4.78, 5) is 25.6. The number of carbonyl (C=O) groups is 2. The number of aryl methyl sites for hydroxylation is 2. The van der Waals surface area contributed by atoms with Crippen LogP contribution in [0.25, 0.3) is 0 Å². The van der Waals surface area contributed by atoms with E-state index in [2.05, 4.69) is 16.7 Å². The molecule has 3 rings (SSSR count). The van der Waals surface area contributed by atoms with E-state index in [-0.39, 0.29) is 11.8 Å². The van der Waals surface area contributed by atoms with E-state index >= 15 is 0 Å². The second-order valence-corrected chi connectivity index (χ2v) is 7.82. The first-order valence-electron chi connectivity index (χ1n) is 9.48. The van der Waals surface area contributed by atoms with Crippen molar-refractivity contribution in [1.82, 2.24) is 5.32 Å². The molecule has 28 heavy (non-hydrogen) atoms. The van der Waals surface area contributed by atoms with Crippen LogP contribution in [0.4, 0.5) is 5.69 Å². The topological polar surface area (TPSA) is 67.4 Å². The van der Waals surface area contributed by atoms with Crippen molar-refractivity contribution >= 4 is 29.3 Å². The van der Waals surface area contributed by atoms with Crippen molar-refractivity contribution in [1.29, 1.82) is 0 Å². The second kappa shape index (κ2) is 9.64. The molecule has 0 aromatic heterocycles. The maximum absolute atomic E-state index is 12.9. The van der Waals surface area contributed by atoms with E-state index in [0.29, 0.717) is 17.7 Å². The zero-order chi connectivity index (χ0) is 19.9. The van der Waals surface area contributed by atoms with Crippen molar-refractivity contribution in [2.24, 2.45) is 0 Å². The molecule has 0 saturated carbocycles. The van der Waals surface area contributed by atoms with Crippen molar-refractivity contribution in [3.8, 4) is 5.75 Å². The summed E-state index contributed by atoms with van der Waals surface area (Å²) in [6.07, 6.45) is 5.86. The van der Waals surface area contributed by atoms with Gasteiger partial charge in [0.15, 0.2) is 0 Å². The van der Waals surface area contributed by atoms with Gasteiger partial charge in [-0.05, 0) is 73.1 Å². The molecule has 1 aliphatic carbocycles. The van der Waals surface area contributed by atoms with Crippen LogP contribution in [0.3, 0.4) is 0 Å². The van der Waals surface area contributed by atoms with Gasteiger partial charge >= 0.3 is 0 Å². The minimum absolute atomic E-state index is 0.199. The number of fused-ring (bicyclic) bond motifs is 1. The fourth-order valence-electron chi connectivity index (χ4n) is 3.45. The fraction of sp³-hybridized carbons (Fsp3) is 0.364. The van der Waals surface area contributed by atoms with Crippen LogP contribution in [-0.4, -0.2) is 37.0 Å². The zero-order valence-electron chi connectivity index (χ0n) is 16.3. The van der Waals surface area contributed by atoms with Crippen LogP contribution < -0.4 is 15.4 Å². The standard InChI is InChI=1S/C22H26N2O3S/c1-27-20-9-4-3-8-18(20)21(25)24-19(12-13-28-2)22(26)23-17-11-10-15-6-5-7-16(15)14-17/h3-4,8-11,14,19H,5-7,12-13H2,1-2H3,(H,23,26)(H,24,25)/t19-/m1/s1. The lowest BCUT2D eigenvalue weighted by molar-refractivity contribution is -0.118. The average Bonchev–Trinajstić information content (AvgIpc) is 3.18. The lowest BCUT2D eigenvalue weighted by Crippen LogP contribution is -2.44. The molecule has 148 valence electrons. The fourth-order valence-corrected chi connectivity index (χ4v) is 3.92. The molecule has 2 N–H and O–H groups in total. The molecular formula is C22H26N2O3S. The van der Waals surface area contributed by atoms with Crippen molar-refractivity contribution in [2.45, 2.75) is 31.7 Å². The lowest BCUT2D eigenvalue weighted by Gasteiger charge is -2.19. The first-order chi connectivity index (χ1) is 13.6. The quantitative estimate of drug-likeness (QED) is 0.712. The van der Waals surface area contributed by atoms with E-state index in [1.54, 1.807) is 36.0 Å². The highest BCUT2D eigenvalue weighted by Gasteiger charge is 2.23. The molecule has 0 spiro atoms. The highest BCUT2D eigenvalue weighted by Crippen LogP contribution is 2.25. The van der Waals surface area contributed by atoms with Crippen molar-refractivity contribution in [3.63, 3.8) is 0 Å². The summed E-state index contributed by atoms with van der Waals surface area (Å²) in [5, 5.41) is 5.84. The molecule has 0 heterocycles. The van der Waals surface area contributed by atoms with Crippen molar-refractivity contribution in [2.75, 3.05) is 24.4 Å². The highest BCUT2D eigenvalue weighted by molar-refractivity contribution is 7.98. The van der Waals surface area contributed by atoms with Crippen LogP contribution in [0, 0.1) is 0 Å². The van der Waals surface area contributed by atoms with E-state index in [1.165, 1.54) is 18.2 Å². The summed E-state index contributed by atoms with van der Waals surface area (Å²) in [6, 6.07) is 12.5. The van der Waals surface area contributed by atoms with Gasteiger partial charge < -0.3 is 15.4 Å². The number of ether oxygens (including phenoxy) is 1. The average molecular weight is 399 g/mol. The van der Waals surface area contributed by atoms with Crippen LogP contribution in [0.2, 0.25) is 0 Å². The number of amides is 2. The van der Waals surface area contributed by atoms with Gasteiger partial charge in [-0.15, -0.1) is 0 Å². The molecule has 6 heteroatoms. The normalized spacial score (nSPS) is 13.5. The van der Waals surface area contributed by atoms with Gasteiger partial charge in [0.05, 0.1) is 12.7 Å². The number of rotatable bonds is 8. The number of anilines is 1. The minimum Gasteiger partial charge on any atom is -0.496 e. The van der Waals surface area contributed by atoms with E-state index < -0.39 is 6.04 Å². The van der Waals surface area contributed by atoms with Gasteiger partial charge in [0.25, 0.3) is 5.91 Å². The SMILES string of the molecule is COc1ccccc1C(=O)N[C@H](CCSC)C(=O)Nc1ccc2c(c1)CCC2. The Bertz CT molecular complexity index is 853. The Kier molecular flexibility index (Phi) is 6.98. The zero-order valence-corrected chi connectivity index (χ0v) is 17.1. The molecule has 0 fully saturated rings. The summed E-state index contributed by atoms with van der Waals surface area (Å²) in [5.74, 6) is 0.750. The number of thioether (sulfide) groups is 1. The maximum Gasteiger partial charge on any atom is 0.255 e. The van der Waals surface area contributed by atoms with Gasteiger partial charge in [-0.25, -0.2) is 0 Å². The van der Waals surface area contributed by atoms with Gasteiger partial charge in [-0.1, -0.05) is 18.2 Å². The molecule has 5 nitrogen and oxygen atoms in total. The molecule has 2 aromatic carbocycles. The molecule has 0 saturated heterocycles. The summed E-state index contributed by atoms with van der Waals surface area (Å²) in [5.41, 5.74) is 3.87. The molecule has 2 aromatic rings. The Morgan fingerprint density at radius 2 is 1.93 bits per heavy atom. The molecule has 0 aliphatic heterocycles. The van der Waals surface area contributed by atoms with E-state index in [1.807, 2.05) is 18.4 Å². The minimum atomic E-state index is -0.613. The number of para-hydroxylation sites is 1. The lowest BCUT2D eigenvalue weighted by atomic mass is 10.1. The third-order valence-corrected chi connectivity index (χ3v) is 5.59. The maximum atomic E-state index is 12.9. The molecule has 1 atom stereocenters. The van der Waals surface area contributed by atoms with Crippen molar-refractivity contribution < 1.29 is 14.3 Å². The molecule has 0 bridgehead atoms. The van der Waals surface area contributed by atoms with Crippen LogP contribution in [0.15, 0.2) is 42.5 Å². The number of nitrogens with one attached hydrogen (secondary N) is 2. The van der Waals surface area contributed by atoms with E-state index in [9.17, 15) is 9.59 Å². The highest BCUT2D eigenvalue weighted by atomic mass is 32.2. The Labute approximate surface area is 170 Å². The number of benzene rings is 2. The Morgan fingerprint density at radius 1 is 1.14 bits per heavy atom. The number of hydrogen-bond donors (Lipinski definition) is 2. The first-order valence-corrected chi connectivity index (χ1v) is 10.9. The first kappa shape index (κ1) is 20.3. The van der Waals surface area contributed by atoms with Gasteiger partial charge in [-0.2, -0.15) is 11.8 Å². The predicted octanol–water partition coefficient (Wildman–Crippen LogP) is 3.67. The number of methoxy groups -OCH3 is 1. The van der Waals surface area contributed by atoms with Crippen LogP contribution >= 0.6 is 11.8 Å². The summed E-state index contributed by atoms with van der Waals surface area (Å²) in [7, 11) is 1.53. The Balaban J connectivity index is 1.71. The Hall–Kier alpha value is -2.47. The van der Waals surface area contributed by atoms with Crippen LogP contribution in [-0.2, 0) is 17.6 Å². The third-order valence-electron chi connectivity index (χ3n) is 4.95. The van der Waals surface area contributed by atoms with Gasteiger partial charge in [-0.3, -0.25) is 9.59 Å². The van der Waals surface area contributed by atoms with E-state index in [0.717, 1.165) is 30.7 Å². The van der Waals surface area contributed by atoms with E-state index in [4.69, 9.17) is 4.74 Å². The molecule has 2 amide bonds. The molecule has 0 radical (unpaired) electrons. The number of hydrogen-bond acceptors (Lipinski definition) is 4. The third kappa shape index (κ3) is 4.87. The smallest absolute Gasteiger partial charge is 0.255 e. The summed E-state index contributed by atoms with van der Waals surface area (Å²) in [6.45, 7) is 0. The monoisotopic (exact) mass is 398 g/mol. The van der Waals surface area contributed by atoms with Gasteiger partial charge in [0, 0.05) is 5.69 Å². The van der Waals surface area contributed by atoms with Gasteiger partial charge in [0.2, 0.25) is 5.91 Å². The predicted molar refractivity (Wildman–Crippen MR) is 114 cm³/mol. The van der Waals surface area contributed by atoms with Gasteiger partial charge in [0.1, 0.15) is 11.8 Å². The van der Waals surface area contributed by atoms with Crippen LogP contribution in [0.5, 0.6) is 5.75 Å². The molecule has 1 aliphatic rings. The second-order valence-electron chi connectivity index (χ2n) is 6.83. The van der Waals surface area contributed by atoms with Crippen LogP contribution in [0.1, 0.15) is 34.3 Å². The summed E-state index contributed by atoms with van der Waals surface area (Å²) < 4.78 is 5.26. The summed E-state index contributed by atoms with van der Waals surface area (Å²) >= 11 is 1.64. The van der Waals surface area contributed by atoms with Crippen molar-refractivity contribution in [3.05, 3.63) is 59.2 Å². The molecule has 0 unspecified atom stereocenters. The Morgan fingerprint density at radius 3 is 2.71 bits per heavy atom. The largest absolute Gasteiger partial charge is 0.496 e. The molecular weight excluding hydrogens is 372 g/mol.